The number of fused-ring (bicyclic) bond motifs is 2. The molecule has 3 N–H and O–H groups in total. The maximum atomic E-state index is 16.2. The van der Waals surface area contributed by atoms with Crippen molar-refractivity contribution in [1.29, 1.82) is 0 Å². The number of nitrogens with one attached hydrogen (secondary N) is 1. The summed E-state index contributed by atoms with van der Waals surface area (Å²) in [6.07, 6.45) is 5.71. The van der Waals surface area contributed by atoms with Crippen molar-refractivity contribution in [3.63, 3.8) is 0 Å². The van der Waals surface area contributed by atoms with Crippen LogP contribution in [0.5, 0.6) is 17.2 Å². The molecular weight excluding hydrogens is 492 g/mol. The molecule has 0 aromatic heterocycles. The first-order valence-corrected chi connectivity index (χ1v) is 12.8. The molecule has 38 heavy (non-hydrogen) atoms. The topological polar surface area (TPSA) is 95.9 Å². The summed E-state index contributed by atoms with van der Waals surface area (Å²) in [5.74, 6) is -6.33. The summed E-state index contributed by atoms with van der Waals surface area (Å²) in [4.78, 5) is 26.6. The smallest absolute Gasteiger partial charge is 0.201 e. The summed E-state index contributed by atoms with van der Waals surface area (Å²) in [6.45, 7) is 5.79. The minimum atomic E-state index is -1.20. The Morgan fingerprint density at radius 1 is 0.737 bits per heavy atom. The van der Waals surface area contributed by atoms with Crippen LogP contribution in [0, 0.1) is 25.5 Å². The molecule has 1 aliphatic rings. The van der Waals surface area contributed by atoms with Crippen molar-refractivity contribution in [2.45, 2.75) is 59.3 Å². The van der Waals surface area contributed by atoms with Gasteiger partial charge in [0.1, 0.15) is 17.2 Å². The third-order valence-corrected chi connectivity index (χ3v) is 6.88. The van der Waals surface area contributed by atoms with Crippen molar-refractivity contribution in [3.8, 4) is 17.2 Å². The summed E-state index contributed by atoms with van der Waals surface area (Å²) in [5, 5.41) is 23.4. The Kier molecular flexibility index (Phi) is 7.99. The Bertz CT molecular complexity index is 1400. The monoisotopic (exact) mass is 523 g/mol. The van der Waals surface area contributed by atoms with Crippen molar-refractivity contribution < 1.29 is 33.3 Å². The lowest BCUT2D eigenvalue weighted by atomic mass is 9.81. The fourth-order valence-corrected chi connectivity index (χ4v) is 4.82. The molecule has 3 aromatic rings. The second-order valence-corrected chi connectivity index (χ2v) is 9.60. The third kappa shape index (κ3) is 4.83. The van der Waals surface area contributed by atoms with E-state index in [1.165, 1.54) is 0 Å². The Morgan fingerprint density at radius 2 is 1.26 bits per heavy atom. The van der Waals surface area contributed by atoms with Gasteiger partial charge in [0.05, 0.1) is 28.9 Å². The van der Waals surface area contributed by atoms with Crippen molar-refractivity contribution in [3.05, 3.63) is 75.3 Å². The molecule has 0 saturated carbocycles. The SMILES string of the molecule is CCCCCCCCOc1c(F)c2c(c(F)c1Nc1c(C)cccc1C)C(=O)c1c(O)ccc(O)c1C2=O. The molecule has 0 heterocycles. The second-order valence-electron chi connectivity index (χ2n) is 9.60. The summed E-state index contributed by atoms with van der Waals surface area (Å²) >= 11 is 0. The van der Waals surface area contributed by atoms with Gasteiger partial charge in [-0.05, 0) is 43.5 Å². The molecule has 0 spiro atoms. The number of aryl methyl sites for hydroxylation is 2. The van der Waals surface area contributed by atoms with Crippen molar-refractivity contribution in [2.24, 2.45) is 0 Å². The van der Waals surface area contributed by atoms with Gasteiger partial charge in [-0.3, -0.25) is 9.59 Å². The summed E-state index contributed by atoms with van der Waals surface area (Å²) in [7, 11) is 0. The zero-order chi connectivity index (χ0) is 27.6. The van der Waals surface area contributed by atoms with E-state index in [0.29, 0.717) is 12.1 Å². The van der Waals surface area contributed by atoms with Crippen LogP contribution in [0.1, 0.15) is 88.4 Å². The highest BCUT2D eigenvalue weighted by atomic mass is 19.1. The second kappa shape index (κ2) is 11.2. The van der Waals surface area contributed by atoms with Crippen LogP contribution in [-0.4, -0.2) is 28.4 Å². The van der Waals surface area contributed by atoms with Gasteiger partial charge in [-0.2, -0.15) is 0 Å². The molecular formula is C30H31F2NO5. The fourth-order valence-electron chi connectivity index (χ4n) is 4.82. The van der Waals surface area contributed by atoms with E-state index >= 15 is 8.78 Å². The molecule has 0 unspecified atom stereocenters. The lowest BCUT2D eigenvalue weighted by Gasteiger charge is -2.25. The van der Waals surface area contributed by atoms with Crippen LogP contribution in [0.2, 0.25) is 0 Å². The summed E-state index contributed by atoms with van der Waals surface area (Å²) in [6, 6.07) is 7.46. The number of ether oxygens (including phenoxy) is 1. The highest BCUT2D eigenvalue weighted by Gasteiger charge is 2.42. The van der Waals surface area contributed by atoms with Crippen LogP contribution in [0.4, 0.5) is 20.2 Å². The quantitative estimate of drug-likeness (QED) is 0.150. The van der Waals surface area contributed by atoms with E-state index in [-0.39, 0.29) is 6.61 Å². The zero-order valence-electron chi connectivity index (χ0n) is 21.7. The van der Waals surface area contributed by atoms with E-state index in [0.717, 1.165) is 55.4 Å². The standard InChI is InChI=1S/C30H31F2NO5/c1-4-5-6-7-8-9-15-38-30-25(32)23-22(24(31)27(30)33-26-16(2)11-10-12-17(26)3)28(36)20-18(34)13-14-19(35)21(20)29(23)37/h10-14,33-35H,4-9,15H2,1-3H3. The number of carbonyl (C=O) groups is 2. The largest absolute Gasteiger partial charge is 0.507 e. The number of phenolic OH excluding ortho intramolecular Hbond substituents is 2. The highest BCUT2D eigenvalue weighted by Crippen LogP contribution is 2.45. The molecule has 8 heteroatoms. The first kappa shape index (κ1) is 27.1. The number of para-hydroxylation sites is 1. The maximum Gasteiger partial charge on any atom is 0.201 e. The zero-order valence-corrected chi connectivity index (χ0v) is 21.7. The summed E-state index contributed by atoms with van der Waals surface area (Å²) < 4.78 is 38.0. The first-order chi connectivity index (χ1) is 18.2. The molecule has 4 rings (SSSR count). The van der Waals surface area contributed by atoms with E-state index in [1.54, 1.807) is 26.0 Å². The predicted octanol–water partition coefficient (Wildman–Crippen LogP) is 7.25. The number of aromatic hydroxyl groups is 2. The predicted molar refractivity (Wildman–Crippen MR) is 141 cm³/mol. The maximum absolute atomic E-state index is 16.2. The number of halogens is 2. The molecule has 3 aromatic carbocycles. The number of hydrogen-bond donors (Lipinski definition) is 3. The Labute approximate surface area is 220 Å². The number of phenols is 2. The van der Waals surface area contributed by atoms with Gasteiger partial charge in [-0.1, -0.05) is 57.2 Å². The van der Waals surface area contributed by atoms with E-state index in [1.807, 2.05) is 6.07 Å². The average molecular weight is 524 g/mol. The number of benzene rings is 3. The molecule has 1 aliphatic carbocycles. The summed E-state index contributed by atoms with van der Waals surface area (Å²) in [5.41, 5.74) is -1.19. The fraction of sp³-hybridized carbons (Fsp3) is 0.333. The number of hydrogen-bond acceptors (Lipinski definition) is 6. The number of rotatable bonds is 10. The molecule has 0 bridgehead atoms. The van der Waals surface area contributed by atoms with Gasteiger partial charge < -0.3 is 20.3 Å². The average Bonchev–Trinajstić information content (AvgIpc) is 2.88. The van der Waals surface area contributed by atoms with Crippen LogP contribution in [0.25, 0.3) is 0 Å². The van der Waals surface area contributed by atoms with Gasteiger partial charge in [0, 0.05) is 5.69 Å². The lowest BCUT2D eigenvalue weighted by Crippen LogP contribution is -2.26. The van der Waals surface area contributed by atoms with E-state index < -0.39 is 68.4 Å². The van der Waals surface area contributed by atoms with Gasteiger partial charge in [0.15, 0.2) is 17.4 Å². The van der Waals surface area contributed by atoms with Gasteiger partial charge in [0.2, 0.25) is 11.6 Å². The number of ketones is 2. The molecule has 200 valence electrons. The van der Waals surface area contributed by atoms with Gasteiger partial charge >= 0.3 is 0 Å². The molecule has 0 saturated heterocycles. The first-order valence-electron chi connectivity index (χ1n) is 12.8. The Morgan fingerprint density at radius 3 is 1.84 bits per heavy atom. The van der Waals surface area contributed by atoms with Gasteiger partial charge in [-0.25, -0.2) is 8.78 Å². The third-order valence-electron chi connectivity index (χ3n) is 6.88. The molecule has 0 fully saturated rings. The highest BCUT2D eigenvalue weighted by molar-refractivity contribution is 6.31. The Balaban J connectivity index is 1.83. The van der Waals surface area contributed by atoms with Crippen molar-refractivity contribution >= 4 is 22.9 Å². The normalized spacial score (nSPS) is 12.3. The number of carbonyl (C=O) groups excluding carboxylic acids is 2. The number of unbranched alkanes of at least 4 members (excludes halogenated alkanes) is 5. The van der Waals surface area contributed by atoms with E-state index in [4.69, 9.17) is 4.74 Å². The minimum Gasteiger partial charge on any atom is -0.507 e. The van der Waals surface area contributed by atoms with E-state index in [9.17, 15) is 19.8 Å². The molecule has 0 atom stereocenters. The van der Waals surface area contributed by atoms with Gasteiger partial charge in [-0.15, -0.1) is 0 Å². The van der Waals surface area contributed by atoms with E-state index in [2.05, 4.69) is 12.2 Å². The lowest BCUT2D eigenvalue weighted by molar-refractivity contribution is 0.0966. The molecule has 0 amide bonds. The minimum absolute atomic E-state index is 0.0769. The Hall–Kier alpha value is -3.94. The van der Waals surface area contributed by atoms with Crippen LogP contribution >= 0.6 is 0 Å². The van der Waals surface area contributed by atoms with Crippen LogP contribution in [0.15, 0.2) is 30.3 Å². The van der Waals surface area contributed by atoms with Crippen LogP contribution in [0.3, 0.4) is 0 Å². The van der Waals surface area contributed by atoms with Crippen LogP contribution in [-0.2, 0) is 0 Å². The molecule has 0 aliphatic heterocycles. The van der Waals surface area contributed by atoms with Crippen LogP contribution < -0.4 is 10.1 Å². The van der Waals surface area contributed by atoms with Crippen molar-refractivity contribution in [2.75, 3.05) is 11.9 Å². The molecule has 0 radical (unpaired) electrons. The molecule has 6 nitrogen and oxygen atoms in total. The van der Waals surface area contributed by atoms with Crippen molar-refractivity contribution in [1.82, 2.24) is 0 Å². The number of anilines is 2. The van der Waals surface area contributed by atoms with Gasteiger partial charge in [0.25, 0.3) is 0 Å².